The van der Waals surface area contributed by atoms with E-state index in [2.05, 4.69) is 14.9 Å². The molecule has 6 nitrogen and oxygen atoms in total. The maximum atomic E-state index is 12.5. The minimum atomic E-state index is 0.179. The Morgan fingerprint density at radius 2 is 1.80 bits per heavy atom. The van der Waals surface area contributed by atoms with E-state index in [9.17, 15) is 4.79 Å². The molecule has 1 aromatic heterocycles. The van der Waals surface area contributed by atoms with Crippen molar-refractivity contribution in [2.75, 3.05) is 44.7 Å². The van der Waals surface area contributed by atoms with Crippen LogP contribution < -0.4 is 9.80 Å². The molecule has 1 atom stereocenters. The van der Waals surface area contributed by atoms with Gasteiger partial charge in [-0.15, -0.1) is 0 Å². The van der Waals surface area contributed by atoms with Crippen LogP contribution in [0.4, 0.5) is 5.95 Å². The van der Waals surface area contributed by atoms with Crippen molar-refractivity contribution in [3.05, 3.63) is 53.3 Å². The minimum absolute atomic E-state index is 0.179. The molecule has 25 heavy (non-hydrogen) atoms. The Kier molecular flexibility index (Phi) is 5.83. The third-order valence-electron chi connectivity index (χ3n) is 4.37. The molecule has 0 bridgehead atoms. The number of rotatable bonds is 5. The Balaban J connectivity index is 1.48. The Labute approximate surface area is 153 Å². The number of carbonyl (C=O) groups is 1. The van der Waals surface area contributed by atoms with Crippen LogP contribution in [0.5, 0.6) is 0 Å². The Hall–Kier alpha value is -2.18. The summed E-state index contributed by atoms with van der Waals surface area (Å²) in [5, 5.41) is 0.755. The van der Waals surface area contributed by atoms with Crippen LogP contribution in [-0.2, 0) is 11.3 Å². The van der Waals surface area contributed by atoms with Crippen molar-refractivity contribution in [3.8, 4) is 0 Å². The zero-order valence-electron chi connectivity index (χ0n) is 14.4. The molecule has 0 aliphatic carbocycles. The zero-order valence-corrected chi connectivity index (χ0v) is 15.1. The quantitative estimate of drug-likeness (QED) is 0.843. The number of halogens is 1. The summed E-state index contributed by atoms with van der Waals surface area (Å²) in [5.74, 6) is 0.911. The lowest BCUT2D eigenvalue weighted by molar-refractivity contribution is -0.885. The molecule has 132 valence electrons. The summed E-state index contributed by atoms with van der Waals surface area (Å²) in [6.45, 7) is 4.14. The number of benzene rings is 1. The van der Waals surface area contributed by atoms with Crippen molar-refractivity contribution in [2.45, 2.75) is 6.54 Å². The molecular formula is C18H23ClN5O+. The highest BCUT2D eigenvalue weighted by Crippen LogP contribution is 2.13. The second-order valence-corrected chi connectivity index (χ2v) is 6.73. The molecule has 1 aromatic carbocycles. The van der Waals surface area contributed by atoms with E-state index in [4.69, 9.17) is 11.6 Å². The number of hydrogen-bond donors (Lipinski definition) is 1. The summed E-state index contributed by atoms with van der Waals surface area (Å²) < 4.78 is 0. The first kappa shape index (κ1) is 17.6. The average molecular weight is 361 g/mol. The SMILES string of the molecule is C[NH+](CC(=O)N1CCN(c2ncccn2)CC1)Cc1ccccc1Cl. The number of anilines is 1. The van der Waals surface area contributed by atoms with Crippen LogP contribution in [0, 0.1) is 0 Å². The van der Waals surface area contributed by atoms with Crippen molar-refractivity contribution in [1.29, 1.82) is 0 Å². The molecule has 2 heterocycles. The fourth-order valence-electron chi connectivity index (χ4n) is 3.01. The first-order chi connectivity index (χ1) is 12.1. The van der Waals surface area contributed by atoms with E-state index < -0.39 is 0 Å². The average Bonchev–Trinajstić information content (AvgIpc) is 2.64. The van der Waals surface area contributed by atoms with Gasteiger partial charge in [-0.05, 0) is 12.1 Å². The van der Waals surface area contributed by atoms with Crippen LogP contribution >= 0.6 is 11.6 Å². The van der Waals surface area contributed by atoms with Gasteiger partial charge in [-0.1, -0.05) is 29.8 Å². The van der Waals surface area contributed by atoms with Crippen LogP contribution in [0.1, 0.15) is 5.56 Å². The molecule has 0 saturated carbocycles. The van der Waals surface area contributed by atoms with E-state index in [1.54, 1.807) is 18.5 Å². The lowest BCUT2D eigenvalue weighted by Gasteiger charge is -2.34. The topological polar surface area (TPSA) is 53.8 Å². The van der Waals surface area contributed by atoms with Gasteiger partial charge in [-0.25, -0.2) is 9.97 Å². The van der Waals surface area contributed by atoms with Gasteiger partial charge in [0.2, 0.25) is 5.95 Å². The second kappa shape index (κ2) is 8.27. The van der Waals surface area contributed by atoms with Gasteiger partial charge < -0.3 is 14.7 Å². The summed E-state index contributed by atoms with van der Waals surface area (Å²) in [6, 6.07) is 9.59. The van der Waals surface area contributed by atoms with Crippen molar-refractivity contribution < 1.29 is 9.69 Å². The molecule has 1 fully saturated rings. The molecule has 1 saturated heterocycles. The summed E-state index contributed by atoms with van der Waals surface area (Å²) >= 11 is 6.20. The Morgan fingerprint density at radius 1 is 1.12 bits per heavy atom. The fourth-order valence-corrected chi connectivity index (χ4v) is 3.21. The van der Waals surface area contributed by atoms with Crippen LogP contribution in [0.2, 0.25) is 5.02 Å². The van der Waals surface area contributed by atoms with E-state index in [0.29, 0.717) is 19.6 Å². The van der Waals surface area contributed by atoms with E-state index in [1.807, 2.05) is 36.2 Å². The van der Waals surface area contributed by atoms with Crippen LogP contribution in [0.15, 0.2) is 42.7 Å². The van der Waals surface area contributed by atoms with Crippen molar-refractivity contribution in [1.82, 2.24) is 14.9 Å². The number of piperazine rings is 1. The standard InChI is InChI=1S/C18H22ClN5O/c1-22(13-15-5-2-3-6-16(15)19)14-17(25)23-9-11-24(12-10-23)18-20-7-4-8-21-18/h2-8H,9-14H2,1H3/p+1. The summed E-state index contributed by atoms with van der Waals surface area (Å²) in [5.41, 5.74) is 1.07. The maximum Gasteiger partial charge on any atom is 0.277 e. The highest BCUT2D eigenvalue weighted by Gasteiger charge is 2.24. The van der Waals surface area contributed by atoms with E-state index in [0.717, 1.165) is 41.1 Å². The largest absolute Gasteiger partial charge is 0.337 e. The molecule has 2 aromatic rings. The lowest BCUT2D eigenvalue weighted by Crippen LogP contribution is -3.09. The highest BCUT2D eigenvalue weighted by molar-refractivity contribution is 6.31. The van der Waals surface area contributed by atoms with Gasteiger partial charge in [-0.3, -0.25) is 4.79 Å². The normalized spacial score (nSPS) is 15.9. The van der Waals surface area contributed by atoms with Crippen molar-refractivity contribution in [2.24, 2.45) is 0 Å². The third kappa shape index (κ3) is 4.67. The molecule has 1 unspecified atom stereocenters. The van der Waals surface area contributed by atoms with E-state index in [-0.39, 0.29) is 5.91 Å². The monoisotopic (exact) mass is 360 g/mol. The van der Waals surface area contributed by atoms with Crippen LogP contribution in [-0.4, -0.2) is 60.5 Å². The van der Waals surface area contributed by atoms with Gasteiger partial charge >= 0.3 is 0 Å². The van der Waals surface area contributed by atoms with Gasteiger partial charge in [0.15, 0.2) is 6.54 Å². The predicted molar refractivity (Wildman–Crippen MR) is 97.7 cm³/mol. The summed E-state index contributed by atoms with van der Waals surface area (Å²) in [6.07, 6.45) is 3.49. The molecule has 0 radical (unpaired) electrons. The van der Waals surface area contributed by atoms with Gasteiger partial charge in [0.25, 0.3) is 5.91 Å². The second-order valence-electron chi connectivity index (χ2n) is 6.32. The number of amides is 1. The van der Waals surface area contributed by atoms with Gasteiger partial charge in [0, 0.05) is 49.2 Å². The molecule has 1 amide bonds. The van der Waals surface area contributed by atoms with Gasteiger partial charge in [0.1, 0.15) is 6.54 Å². The Morgan fingerprint density at radius 3 is 2.48 bits per heavy atom. The summed E-state index contributed by atoms with van der Waals surface area (Å²) in [7, 11) is 2.02. The minimum Gasteiger partial charge on any atom is -0.337 e. The number of nitrogens with zero attached hydrogens (tertiary/aromatic N) is 4. The number of quaternary nitrogens is 1. The molecule has 7 heteroatoms. The zero-order chi connectivity index (χ0) is 17.6. The predicted octanol–water partition coefficient (Wildman–Crippen LogP) is 0.494. The summed E-state index contributed by atoms with van der Waals surface area (Å²) in [4.78, 5) is 26.3. The third-order valence-corrected chi connectivity index (χ3v) is 4.74. The van der Waals surface area contributed by atoms with Crippen LogP contribution in [0.3, 0.4) is 0 Å². The fraction of sp³-hybridized carbons (Fsp3) is 0.389. The first-order valence-electron chi connectivity index (χ1n) is 8.48. The van der Waals surface area contributed by atoms with E-state index in [1.165, 1.54) is 0 Å². The number of nitrogens with one attached hydrogen (secondary N) is 1. The molecular weight excluding hydrogens is 338 g/mol. The molecule has 1 N–H and O–H groups in total. The number of hydrogen-bond acceptors (Lipinski definition) is 4. The van der Waals surface area contributed by atoms with E-state index >= 15 is 0 Å². The first-order valence-corrected chi connectivity index (χ1v) is 8.86. The van der Waals surface area contributed by atoms with Crippen molar-refractivity contribution in [3.63, 3.8) is 0 Å². The molecule has 1 aliphatic heterocycles. The lowest BCUT2D eigenvalue weighted by atomic mass is 10.2. The molecule has 0 spiro atoms. The van der Waals surface area contributed by atoms with Crippen molar-refractivity contribution >= 4 is 23.5 Å². The van der Waals surface area contributed by atoms with Gasteiger partial charge in [-0.2, -0.15) is 0 Å². The molecule has 1 aliphatic rings. The number of aromatic nitrogens is 2. The number of likely N-dealkylation sites (N-methyl/N-ethyl adjacent to an activating group) is 1. The van der Waals surface area contributed by atoms with Gasteiger partial charge in [0.05, 0.1) is 7.05 Å². The number of carbonyl (C=O) groups excluding carboxylic acids is 1. The Bertz CT molecular complexity index is 704. The smallest absolute Gasteiger partial charge is 0.277 e. The molecule has 3 rings (SSSR count). The van der Waals surface area contributed by atoms with Crippen LogP contribution in [0.25, 0.3) is 0 Å². The highest BCUT2D eigenvalue weighted by atomic mass is 35.5. The maximum absolute atomic E-state index is 12.5.